The molecule has 2 aliphatic heterocycles. The summed E-state index contributed by atoms with van der Waals surface area (Å²) in [4.78, 5) is 27.0. The highest BCUT2D eigenvalue weighted by atomic mass is 16.5. The van der Waals surface area contributed by atoms with E-state index in [1.807, 2.05) is 6.07 Å². The molecule has 3 heterocycles. The largest absolute Gasteiger partial charge is 0.385 e. The Morgan fingerprint density at radius 2 is 1.83 bits per heavy atom. The first-order valence-corrected chi connectivity index (χ1v) is 15.0. The number of carbonyl (C=O) groups is 2. The van der Waals surface area contributed by atoms with Crippen molar-refractivity contribution in [2.24, 2.45) is 0 Å². The number of piperidine rings is 1. The summed E-state index contributed by atoms with van der Waals surface area (Å²) >= 11 is 0. The molecular formula is C35H39N3O3. The van der Waals surface area contributed by atoms with Gasteiger partial charge in [0.2, 0.25) is 11.8 Å². The van der Waals surface area contributed by atoms with Gasteiger partial charge in [-0.05, 0) is 84.0 Å². The van der Waals surface area contributed by atoms with Crippen LogP contribution < -0.4 is 5.32 Å². The van der Waals surface area contributed by atoms with E-state index >= 15 is 0 Å². The van der Waals surface area contributed by atoms with E-state index in [9.17, 15) is 9.59 Å². The molecule has 3 aromatic carbocycles. The maximum Gasteiger partial charge on any atom is 0.228 e. The van der Waals surface area contributed by atoms with Crippen LogP contribution in [0.1, 0.15) is 54.8 Å². The van der Waals surface area contributed by atoms with Crippen molar-refractivity contribution in [2.75, 3.05) is 32.1 Å². The van der Waals surface area contributed by atoms with Gasteiger partial charge in [-0.1, -0.05) is 48.5 Å². The van der Waals surface area contributed by atoms with Crippen LogP contribution in [0, 0.1) is 0 Å². The van der Waals surface area contributed by atoms with Gasteiger partial charge in [0.05, 0.1) is 6.42 Å². The van der Waals surface area contributed by atoms with Gasteiger partial charge in [-0.2, -0.15) is 0 Å². The van der Waals surface area contributed by atoms with Crippen molar-refractivity contribution in [1.29, 1.82) is 0 Å². The summed E-state index contributed by atoms with van der Waals surface area (Å²) in [6.07, 6.45) is 5.91. The Bertz CT molecular complexity index is 1540. The zero-order valence-electron chi connectivity index (χ0n) is 23.9. The lowest BCUT2D eigenvalue weighted by atomic mass is 9.94. The Hall–Kier alpha value is -3.90. The van der Waals surface area contributed by atoms with Gasteiger partial charge < -0.3 is 19.5 Å². The molecule has 4 aromatic rings. The van der Waals surface area contributed by atoms with Crippen LogP contribution in [0.5, 0.6) is 0 Å². The molecule has 0 aliphatic carbocycles. The van der Waals surface area contributed by atoms with Crippen LogP contribution in [0.2, 0.25) is 0 Å². The number of anilines is 1. The number of methoxy groups -OCH3 is 1. The molecule has 6 nitrogen and oxygen atoms in total. The topological polar surface area (TPSA) is 63.6 Å². The maximum atomic E-state index is 13.3. The average Bonchev–Trinajstić information content (AvgIpc) is 3.57. The maximum absolute atomic E-state index is 13.3. The van der Waals surface area contributed by atoms with Crippen LogP contribution in [-0.2, 0) is 33.7 Å². The lowest BCUT2D eigenvalue weighted by molar-refractivity contribution is -0.132. The number of aryl methyl sites for hydroxylation is 2. The number of aromatic nitrogens is 1. The Kier molecular flexibility index (Phi) is 8.19. The van der Waals surface area contributed by atoms with Gasteiger partial charge in [0.25, 0.3) is 0 Å². The summed E-state index contributed by atoms with van der Waals surface area (Å²) in [5, 5.41) is 4.17. The normalized spacial score (nSPS) is 16.7. The third-order valence-corrected chi connectivity index (χ3v) is 8.64. The molecule has 2 aliphatic rings. The number of carbonyl (C=O) groups excluding carboxylic acids is 2. The smallest absolute Gasteiger partial charge is 0.228 e. The number of hydrogen-bond acceptors (Lipinski definition) is 3. The molecule has 1 N–H and O–H groups in total. The molecule has 41 heavy (non-hydrogen) atoms. The molecule has 1 fully saturated rings. The highest BCUT2D eigenvalue weighted by Crippen LogP contribution is 2.33. The Morgan fingerprint density at radius 3 is 2.68 bits per heavy atom. The minimum Gasteiger partial charge on any atom is -0.385 e. The number of ether oxygens (including phenoxy) is 1. The van der Waals surface area contributed by atoms with Gasteiger partial charge in [-0.15, -0.1) is 0 Å². The van der Waals surface area contributed by atoms with Crippen molar-refractivity contribution in [3.8, 4) is 11.1 Å². The first-order chi connectivity index (χ1) is 20.1. The summed E-state index contributed by atoms with van der Waals surface area (Å²) in [7, 11) is 1.76. The summed E-state index contributed by atoms with van der Waals surface area (Å²) in [6.45, 7) is 3.34. The third-order valence-electron chi connectivity index (χ3n) is 8.64. The van der Waals surface area contributed by atoms with Crippen LogP contribution >= 0.6 is 0 Å². The minimum absolute atomic E-state index is 0.0585. The molecule has 6 heteroatoms. The van der Waals surface area contributed by atoms with E-state index in [2.05, 4.69) is 81.5 Å². The molecule has 1 saturated heterocycles. The molecule has 0 spiro atoms. The van der Waals surface area contributed by atoms with Crippen LogP contribution in [0.3, 0.4) is 0 Å². The van der Waals surface area contributed by atoms with Crippen LogP contribution in [0.25, 0.3) is 22.0 Å². The summed E-state index contributed by atoms with van der Waals surface area (Å²) < 4.78 is 7.77. The van der Waals surface area contributed by atoms with E-state index in [1.54, 1.807) is 7.11 Å². The fourth-order valence-electron chi connectivity index (χ4n) is 6.51. The Morgan fingerprint density at radius 1 is 1.00 bits per heavy atom. The molecule has 1 atom stereocenters. The SMILES string of the molecule is COCCCn1c(C2CCCN(C(=O)CCCc3ccc(-c4ccc5c(c4)CC(=O)N5)cc3)C2)cc2ccccc21. The zero-order chi connectivity index (χ0) is 28.2. The van der Waals surface area contributed by atoms with Crippen LogP contribution in [0.15, 0.2) is 72.8 Å². The molecule has 0 saturated carbocycles. The van der Waals surface area contributed by atoms with E-state index < -0.39 is 0 Å². The number of likely N-dealkylation sites (tertiary alicyclic amines) is 1. The standard InChI is InChI=1S/C35H39N3O3/c1-41-20-6-19-38-32-10-3-2-8-28(32)22-33(38)29-9-5-18-37(24-29)35(40)11-4-7-25-12-14-26(15-13-25)27-16-17-31-30(21-27)23-34(39)36-31/h2-3,8,10,12-17,21-22,29H,4-7,9,11,18-20,23-24H2,1H3,(H,36,39). The predicted molar refractivity (Wildman–Crippen MR) is 164 cm³/mol. The first-order valence-electron chi connectivity index (χ1n) is 15.0. The fourth-order valence-corrected chi connectivity index (χ4v) is 6.51. The second-order valence-corrected chi connectivity index (χ2v) is 11.5. The fraction of sp³-hybridized carbons (Fsp3) is 0.371. The predicted octanol–water partition coefficient (Wildman–Crippen LogP) is 6.57. The molecular weight excluding hydrogens is 510 g/mol. The van der Waals surface area contributed by atoms with Gasteiger partial charge in [0.1, 0.15) is 0 Å². The average molecular weight is 550 g/mol. The summed E-state index contributed by atoms with van der Waals surface area (Å²) in [5.41, 5.74) is 8.12. The van der Waals surface area contributed by atoms with Crippen molar-refractivity contribution < 1.29 is 14.3 Å². The highest BCUT2D eigenvalue weighted by Gasteiger charge is 2.27. The van der Waals surface area contributed by atoms with Crippen molar-refractivity contribution in [3.63, 3.8) is 0 Å². The number of benzene rings is 3. The van der Waals surface area contributed by atoms with Crippen molar-refractivity contribution in [2.45, 2.75) is 57.4 Å². The molecule has 212 valence electrons. The molecule has 6 rings (SSSR count). The number of nitrogens with zero attached hydrogens (tertiary/aromatic N) is 2. The number of amides is 2. The third kappa shape index (κ3) is 6.08. The van der Waals surface area contributed by atoms with Crippen molar-refractivity contribution >= 4 is 28.4 Å². The molecule has 0 bridgehead atoms. The zero-order valence-corrected chi connectivity index (χ0v) is 23.9. The van der Waals surface area contributed by atoms with E-state index in [-0.39, 0.29) is 11.8 Å². The van der Waals surface area contributed by atoms with Crippen molar-refractivity contribution in [1.82, 2.24) is 9.47 Å². The van der Waals surface area contributed by atoms with Crippen LogP contribution in [0.4, 0.5) is 5.69 Å². The lowest BCUT2D eigenvalue weighted by Gasteiger charge is -2.33. The first kappa shape index (κ1) is 27.3. The van der Waals surface area contributed by atoms with Gasteiger partial charge in [-0.3, -0.25) is 9.59 Å². The quantitative estimate of drug-likeness (QED) is 0.228. The number of nitrogens with one attached hydrogen (secondary N) is 1. The number of rotatable bonds is 10. The van der Waals surface area contributed by atoms with E-state index in [0.29, 0.717) is 18.8 Å². The van der Waals surface area contributed by atoms with E-state index in [1.165, 1.54) is 22.2 Å². The number of hydrogen-bond donors (Lipinski definition) is 1. The summed E-state index contributed by atoms with van der Waals surface area (Å²) in [5.74, 6) is 0.696. The lowest BCUT2D eigenvalue weighted by Crippen LogP contribution is -2.39. The van der Waals surface area contributed by atoms with Gasteiger partial charge >= 0.3 is 0 Å². The monoisotopic (exact) mass is 549 g/mol. The molecule has 1 aromatic heterocycles. The minimum atomic E-state index is 0.0585. The van der Waals surface area contributed by atoms with Crippen molar-refractivity contribution in [3.05, 3.63) is 89.6 Å². The Balaban J connectivity index is 1.04. The second-order valence-electron chi connectivity index (χ2n) is 11.5. The van der Waals surface area contributed by atoms with E-state index in [0.717, 1.165) is 80.7 Å². The highest BCUT2D eigenvalue weighted by molar-refractivity contribution is 5.99. The van der Waals surface area contributed by atoms with Gasteiger partial charge in [0, 0.05) is 62.6 Å². The van der Waals surface area contributed by atoms with E-state index in [4.69, 9.17) is 4.74 Å². The van der Waals surface area contributed by atoms with Gasteiger partial charge in [-0.25, -0.2) is 0 Å². The number of fused-ring (bicyclic) bond motifs is 2. The number of para-hydroxylation sites is 1. The van der Waals surface area contributed by atoms with Gasteiger partial charge in [0.15, 0.2) is 0 Å². The Labute approximate surface area is 242 Å². The summed E-state index contributed by atoms with van der Waals surface area (Å²) in [6, 6.07) is 25.7. The molecule has 1 unspecified atom stereocenters. The second kappa shape index (κ2) is 12.3. The molecule has 2 amide bonds. The molecule has 0 radical (unpaired) electrons. The van der Waals surface area contributed by atoms with Crippen LogP contribution in [-0.4, -0.2) is 48.1 Å².